The summed E-state index contributed by atoms with van der Waals surface area (Å²) in [4.78, 5) is 11.9. The van der Waals surface area contributed by atoms with Crippen LogP contribution in [0.3, 0.4) is 0 Å². The van der Waals surface area contributed by atoms with Crippen LogP contribution in [-0.2, 0) is 34.0 Å². The first kappa shape index (κ1) is 22.4. The largest absolute Gasteiger partial charge is 0.470 e. The Hall–Kier alpha value is -3.78. The van der Waals surface area contributed by atoms with Crippen molar-refractivity contribution in [3.63, 3.8) is 0 Å². The summed E-state index contributed by atoms with van der Waals surface area (Å²) in [5.41, 5.74) is 4.40. The first-order chi connectivity index (χ1) is 16.1. The first-order valence-electron chi connectivity index (χ1n) is 10.5. The van der Waals surface area contributed by atoms with Crippen molar-refractivity contribution in [2.75, 3.05) is 13.7 Å². The van der Waals surface area contributed by atoms with Gasteiger partial charge in [-0.25, -0.2) is 9.18 Å². The molecule has 2 aromatic heterocycles. The Morgan fingerprint density at radius 2 is 1.79 bits per heavy atom. The Kier molecular flexibility index (Phi) is 6.95. The molecule has 0 unspecified atom stereocenters. The number of benzene rings is 2. The van der Waals surface area contributed by atoms with Gasteiger partial charge in [-0.3, -0.25) is 0 Å². The number of rotatable bonds is 9. The molecule has 0 bridgehead atoms. The van der Waals surface area contributed by atoms with Crippen LogP contribution in [0.4, 0.5) is 4.39 Å². The molecular weight excluding hydrogens is 425 g/mol. The second-order valence-corrected chi connectivity index (χ2v) is 7.56. The molecule has 0 radical (unpaired) electrons. The van der Waals surface area contributed by atoms with E-state index in [4.69, 9.17) is 14.2 Å². The number of ether oxygens (including phenoxy) is 3. The van der Waals surface area contributed by atoms with Gasteiger partial charge in [-0.15, -0.1) is 5.10 Å². The maximum Gasteiger partial charge on any atom is 0.332 e. The number of esters is 1. The summed E-state index contributed by atoms with van der Waals surface area (Å²) < 4.78 is 31.6. The van der Waals surface area contributed by atoms with Gasteiger partial charge in [0.15, 0.2) is 0 Å². The van der Waals surface area contributed by atoms with Crippen LogP contribution in [0.1, 0.15) is 22.4 Å². The number of hydrogen-bond donors (Lipinski definition) is 0. The van der Waals surface area contributed by atoms with Crippen LogP contribution < -0.4 is 4.74 Å². The van der Waals surface area contributed by atoms with Crippen LogP contribution in [0.25, 0.3) is 10.9 Å². The van der Waals surface area contributed by atoms with Gasteiger partial charge in [-0.05, 0) is 30.2 Å². The van der Waals surface area contributed by atoms with Gasteiger partial charge in [-0.2, -0.15) is 5.10 Å². The van der Waals surface area contributed by atoms with E-state index in [9.17, 15) is 9.18 Å². The monoisotopic (exact) mass is 449 g/mol. The summed E-state index contributed by atoms with van der Waals surface area (Å²) in [5.74, 6) is -0.401. The highest BCUT2D eigenvalue weighted by molar-refractivity contribution is 5.88. The molecule has 0 fully saturated rings. The molecule has 33 heavy (non-hydrogen) atoms. The Morgan fingerprint density at radius 1 is 1.03 bits per heavy atom. The summed E-state index contributed by atoms with van der Waals surface area (Å²) >= 11 is 0. The molecule has 0 aliphatic heterocycles. The molecule has 0 saturated heterocycles. The maximum absolute atomic E-state index is 13.2. The molecule has 8 heteroatoms. The van der Waals surface area contributed by atoms with E-state index in [0.29, 0.717) is 12.4 Å². The van der Waals surface area contributed by atoms with Crippen LogP contribution in [0.2, 0.25) is 0 Å². The van der Waals surface area contributed by atoms with Gasteiger partial charge in [0, 0.05) is 30.3 Å². The average molecular weight is 449 g/mol. The minimum Gasteiger partial charge on any atom is -0.470 e. The number of methoxy groups -OCH3 is 1. The van der Waals surface area contributed by atoms with Gasteiger partial charge in [0.1, 0.15) is 31.2 Å². The van der Waals surface area contributed by atoms with Crippen molar-refractivity contribution in [1.29, 1.82) is 0 Å². The second kappa shape index (κ2) is 10.2. The molecule has 0 saturated carbocycles. The molecule has 4 rings (SSSR count). The topological polar surface area (TPSA) is 75.5 Å². The molecule has 4 aromatic rings. The van der Waals surface area contributed by atoms with Gasteiger partial charge in [0.05, 0.1) is 6.20 Å². The van der Waals surface area contributed by atoms with Crippen molar-refractivity contribution < 1.29 is 23.4 Å². The molecule has 0 spiro atoms. The van der Waals surface area contributed by atoms with E-state index < -0.39 is 5.97 Å². The predicted molar refractivity (Wildman–Crippen MR) is 120 cm³/mol. The van der Waals surface area contributed by atoms with E-state index in [1.165, 1.54) is 19.2 Å². The summed E-state index contributed by atoms with van der Waals surface area (Å²) in [6, 6.07) is 16.1. The number of nitrogens with zero attached hydrogens (tertiary/aromatic N) is 3. The van der Waals surface area contributed by atoms with Gasteiger partial charge in [0.25, 0.3) is 5.88 Å². The van der Waals surface area contributed by atoms with Crippen LogP contribution in [0, 0.1) is 12.7 Å². The molecule has 2 aromatic carbocycles. The number of halogens is 1. The van der Waals surface area contributed by atoms with Crippen molar-refractivity contribution >= 4 is 16.9 Å². The fourth-order valence-corrected chi connectivity index (χ4v) is 3.66. The van der Waals surface area contributed by atoms with Crippen LogP contribution >= 0.6 is 0 Å². The van der Waals surface area contributed by atoms with Crippen LogP contribution in [0.5, 0.6) is 5.88 Å². The quantitative estimate of drug-likeness (QED) is 0.357. The van der Waals surface area contributed by atoms with Crippen LogP contribution in [-0.4, -0.2) is 34.5 Å². The Labute approximate surface area is 190 Å². The van der Waals surface area contributed by atoms with Crippen molar-refractivity contribution in [1.82, 2.24) is 14.8 Å². The molecule has 0 N–H and O–H groups in total. The smallest absolute Gasteiger partial charge is 0.332 e. The summed E-state index contributed by atoms with van der Waals surface area (Å²) in [6.45, 7) is 2.71. The number of carbonyl (C=O) groups excluding carboxylic acids is 1. The standard InChI is InChI=1S/C25H24FN3O4/c1-17-22(15-32-23(30)16-31-2)21-12-27-28-25(33-14-19-8-10-20(26)11-9-19)24(21)29(17)13-18-6-4-3-5-7-18/h3-12H,13-16H2,1-2H3. The van der Waals surface area contributed by atoms with Gasteiger partial charge in [-0.1, -0.05) is 42.5 Å². The van der Waals surface area contributed by atoms with Crippen molar-refractivity contribution in [2.24, 2.45) is 0 Å². The lowest BCUT2D eigenvalue weighted by atomic mass is 10.2. The second-order valence-electron chi connectivity index (χ2n) is 7.56. The van der Waals surface area contributed by atoms with Crippen molar-refractivity contribution in [3.05, 3.63) is 89.0 Å². The molecule has 7 nitrogen and oxygen atoms in total. The predicted octanol–water partition coefficient (Wildman–Crippen LogP) is 4.20. The normalized spacial score (nSPS) is 11.0. The van der Waals surface area contributed by atoms with E-state index >= 15 is 0 Å². The lowest BCUT2D eigenvalue weighted by Crippen LogP contribution is -2.11. The molecular formula is C25H24FN3O4. The summed E-state index contributed by atoms with van der Waals surface area (Å²) in [7, 11) is 1.44. The Balaban J connectivity index is 1.72. The van der Waals surface area contributed by atoms with E-state index in [1.807, 2.05) is 37.3 Å². The fraction of sp³-hybridized carbons (Fsp3) is 0.240. The third-order valence-electron chi connectivity index (χ3n) is 5.34. The molecule has 0 atom stereocenters. The first-order valence-corrected chi connectivity index (χ1v) is 10.5. The van der Waals surface area contributed by atoms with Gasteiger partial charge in [0.2, 0.25) is 0 Å². The highest BCUT2D eigenvalue weighted by Gasteiger charge is 2.21. The average Bonchev–Trinajstić information content (AvgIpc) is 3.09. The number of fused-ring (bicyclic) bond motifs is 1. The lowest BCUT2D eigenvalue weighted by Gasteiger charge is -2.12. The van der Waals surface area contributed by atoms with E-state index in [1.54, 1.807) is 18.3 Å². The van der Waals surface area contributed by atoms with E-state index in [0.717, 1.165) is 33.3 Å². The van der Waals surface area contributed by atoms with E-state index in [-0.39, 0.29) is 25.6 Å². The van der Waals surface area contributed by atoms with Crippen molar-refractivity contribution in [3.8, 4) is 5.88 Å². The van der Waals surface area contributed by atoms with Crippen molar-refractivity contribution in [2.45, 2.75) is 26.7 Å². The molecule has 0 aliphatic rings. The molecule has 0 aliphatic carbocycles. The van der Waals surface area contributed by atoms with E-state index in [2.05, 4.69) is 14.8 Å². The summed E-state index contributed by atoms with van der Waals surface area (Å²) in [6.07, 6.45) is 1.65. The zero-order valence-electron chi connectivity index (χ0n) is 18.5. The molecule has 2 heterocycles. The Bertz CT molecular complexity index is 1240. The third kappa shape index (κ3) is 5.18. The van der Waals surface area contributed by atoms with Gasteiger partial charge >= 0.3 is 5.97 Å². The maximum atomic E-state index is 13.2. The fourth-order valence-electron chi connectivity index (χ4n) is 3.66. The Morgan fingerprint density at radius 3 is 2.52 bits per heavy atom. The number of hydrogen-bond acceptors (Lipinski definition) is 6. The zero-order valence-corrected chi connectivity index (χ0v) is 18.5. The highest BCUT2D eigenvalue weighted by atomic mass is 19.1. The summed E-state index contributed by atoms with van der Waals surface area (Å²) in [5, 5.41) is 9.13. The minimum absolute atomic E-state index is 0.0788. The third-order valence-corrected chi connectivity index (χ3v) is 5.34. The minimum atomic E-state index is -0.448. The lowest BCUT2D eigenvalue weighted by molar-refractivity contribution is -0.149. The number of aromatic nitrogens is 3. The highest BCUT2D eigenvalue weighted by Crippen LogP contribution is 2.32. The number of carbonyl (C=O) groups is 1. The molecule has 0 amide bonds. The molecule has 170 valence electrons. The SMILES string of the molecule is COCC(=O)OCc1c(C)n(Cc2ccccc2)c2c(OCc3ccc(F)cc3)nncc12. The van der Waals surface area contributed by atoms with Crippen LogP contribution in [0.15, 0.2) is 60.8 Å². The zero-order chi connectivity index (χ0) is 23.2. The van der Waals surface area contributed by atoms with Gasteiger partial charge < -0.3 is 18.8 Å².